The molecular weight excluding hydrogens is 252 g/mol. The van der Waals surface area contributed by atoms with Crippen LogP contribution in [0.3, 0.4) is 0 Å². The second-order valence-corrected chi connectivity index (χ2v) is 4.77. The van der Waals surface area contributed by atoms with Crippen molar-refractivity contribution in [3.8, 4) is 0 Å². The number of pyridine rings is 1. The van der Waals surface area contributed by atoms with Crippen LogP contribution in [0.25, 0.3) is 10.9 Å². The van der Waals surface area contributed by atoms with E-state index in [1.165, 1.54) is 0 Å². The number of hydrogen-bond acceptors (Lipinski definition) is 4. The molecule has 0 fully saturated rings. The van der Waals surface area contributed by atoms with Crippen LogP contribution >= 0.6 is 0 Å². The molecule has 3 N–H and O–H groups in total. The largest absolute Gasteiger partial charge is 0.396 e. The molecule has 0 bridgehead atoms. The lowest BCUT2D eigenvalue weighted by atomic mass is 10.1. The molecule has 106 valence electrons. The summed E-state index contributed by atoms with van der Waals surface area (Å²) in [5, 5.41) is 3.76. The van der Waals surface area contributed by atoms with E-state index in [9.17, 15) is 4.79 Å². The first-order valence-electron chi connectivity index (χ1n) is 6.74. The summed E-state index contributed by atoms with van der Waals surface area (Å²) < 4.78 is 0. The van der Waals surface area contributed by atoms with Gasteiger partial charge < -0.3 is 16.0 Å². The maximum absolute atomic E-state index is 11.8. The molecule has 0 spiro atoms. The summed E-state index contributed by atoms with van der Waals surface area (Å²) in [5.74, 6) is 0.0000311. The number of hydrogen-bond donors (Lipinski definition) is 2. The molecule has 1 amide bonds. The zero-order valence-corrected chi connectivity index (χ0v) is 11.9. The molecule has 1 aromatic carbocycles. The minimum absolute atomic E-state index is 0.0000311. The van der Waals surface area contributed by atoms with Gasteiger partial charge >= 0.3 is 0 Å². The summed E-state index contributed by atoms with van der Waals surface area (Å²) in [7, 11) is 1.86. The number of carbonyl (C=O) groups excluding carboxylic acids is 1. The molecule has 2 aromatic rings. The molecule has 0 saturated carbocycles. The van der Waals surface area contributed by atoms with E-state index in [-0.39, 0.29) is 12.5 Å². The van der Waals surface area contributed by atoms with E-state index in [1.54, 1.807) is 6.20 Å². The number of likely N-dealkylation sites (N-methyl/N-ethyl adjacent to an activating group) is 1. The van der Waals surface area contributed by atoms with Crippen molar-refractivity contribution >= 4 is 28.2 Å². The Morgan fingerprint density at radius 3 is 2.95 bits per heavy atom. The minimum atomic E-state index is 0.0000311. The number of nitrogens with zero attached hydrogens (tertiary/aromatic N) is 2. The normalized spacial score (nSPS) is 10.5. The van der Waals surface area contributed by atoms with Gasteiger partial charge in [-0.2, -0.15) is 0 Å². The molecule has 0 aliphatic heterocycles. The number of nitrogen functional groups attached to an aromatic ring is 1. The Bertz CT molecular complexity index is 612. The van der Waals surface area contributed by atoms with Crippen LogP contribution in [-0.2, 0) is 4.79 Å². The fraction of sp³-hybridized carbons (Fsp3) is 0.333. The first kappa shape index (κ1) is 14.1. The molecule has 0 unspecified atom stereocenters. The molecule has 0 saturated heterocycles. The van der Waals surface area contributed by atoms with Gasteiger partial charge in [-0.05, 0) is 30.7 Å². The topological polar surface area (TPSA) is 71.2 Å². The predicted molar refractivity (Wildman–Crippen MR) is 82.7 cm³/mol. The lowest BCUT2D eigenvalue weighted by Gasteiger charge is -2.21. The van der Waals surface area contributed by atoms with Crippen molar-refractivity contribution in [2.45, 2.75) is 13.3 Å². The quantitative estimate of drug-likeness (QED) is 0.814. The zero-order valence-electron chi connectivity index (χ0n) is 11.9. The molecular formula is C15H20N4O. The average molecular weight is 272 g/mol. The van der Waals surface area contributed by atoms with Crippen LogP contribution in [-0.4, -0.2) is 31.0 Å². The number of aromatic nitrogens is 1. The van der Waals surface area contributed by atoms with Gasteiger partial charge in [-0.1, -0.05) is 6.92 Å². The Balaban J connectivity index is 2.20. The van der Waals surface area contributed by atoms with Crippen LogP contribution in [0, 0.1) is 0 Å². The van der Waals surface area contributed by atoms with Crippen molar-refractivity contribution in [3.63, 3.8) is 0 Å². The number of nitrogens with one attached hydrogen (secondary N) is 1. The first-order chi connectivity index (χ1) is 9.63. The number of anilines is 2. The maximum Gasteiger partial charge on any atom is 0.239 e. The van der Waals surface area contributed by atoms with Crippen molar-refractivity contribution in [2.24, 2.45) is 0 Å². The second kappa shape index (κ2) is 6.23. The molecule has 0 radical (unpaired) electrons. The third-order valence-corrected chi connectivity index (χ3v) is 3.17. The van der Waals surface area contributed by atoms with Gasteiger partial charge in [0.2, 0.25) is 5.91 Å². The van der Waals surface area contributed by atoms with Gasteiger partial charge in [0.1, 0.15) is 0 Å². The van der Waals surface area contributed by atoms with Crippen LogP contribution in [0.15, 0.2) is 30.5 Å². The molecule has 0 atom stereocenters. The molecule has 1 aromatic heterocycles. The maximum atomic E-state index is 11.8. The highest BCUT2D eigenvalue weighted by Crippen LogP contribution is 2.29. The Kier molecular flexibility index (Phi) is 4.40. The average Bonchev–Trinajstić information content (AvgIpc) is 2.45. The Hall–Kier alpha value is -2.30. The number of benzene rings is 1. The van der Waals surface area contributed by atoms with E-state index >= 15 is 0 Å². The monoisotopic (exact) mass is 272 g/mol. The van der Waals surface area contributed by atoms with Crippen molar-refractivity contribution in [1.82, 2.24) is 10.3 Å². The second-order valence-electron chi connectivity index (χ2n) is 4.77. The van der Waals surface area contributed by atoms with Gasteiger partial charge in [-0.3, -0.25) is 9.78 Å². The number of rotatable bonds is 5. The van der Waals surface area contributed by atoms with Gasteiger partial charge in [-0.25, -0.2) is 0 Å². The van der Waals surface area contributed by atoms with Crippen LogP contribution < -0.4 is 16.0 Å². The SMILES string of the molecule is CCCNC(=O)CN(C)c1ccc2ncccc2c1N. The third-order valence-electron chi connectivity index (χ3n) is 3.17. The summed E-state index contributed by atoms with van der Waals surface area (Å²) in [4.78, 5) is 17.9. The van der Waals surface area contributed by atoms with E-state index in [2.05, 4.69) is 10.3 Å². The highest BCUT2D eigenvalue weighted by Gasteiger charge is 2.11. The van der Waals surface area contributed by atoms with Crippen LogP contribution in [0.4, 0.5) is 11.4 Å². The number of nitrogens with two attached hydrogens (primary N) is 1. The Morgan fingerprint density at radius 2 is 2.20 bits per heavy atom. The number of amides is 1. The summed E-state index contributed by atoms with van der Waals surface area (Å²) in [5.41, 5.74) is 8.54. The molecule has 0 aliphatic rings. The smallest absolute Gasteiger partial charge is 0.239 e. The molecule has 5 nitrogen and oxygen atoms in total. The van der Waals surface area contributed by atoms with Crippen molar-refractivity contribution in [3.05, 3.63) is 30.5 Å². The van der Waals surface area contributed by atoms with Crippen molar-refractivity contribution < 1.29 is 4.79 Å². The number of fused-ring (bicyclic) bond motifs is 1. The minimum Gasteiger partial charge on any atom is -0.396 e. The van der Waals surface area contributed by atoms with Gasteiger partial charge in [-0.15, -0.1) is 0 Å². The Labute approximate surface area is 118 Å². The van der Waals surface area contributed by atoms with Gasteiger partial charge in [0.15, 0.2) is 0 Å². The fourth-order valence-electron chi connectivity index (χ4n) is 2.12. The van der Waals surface area contributed by atoms with Gasteiger partial charge in [0.05, 0.1) is 23.4 Å². The lowest BCUT2D eigenvalue weighted by Crippen LogP contribution is -2.35. The van der Waals surface area contributed by atoms with E-state index in [0.717, 1.165) is 23.0 Å². The molecule has 5 heteroatoms. The van der Waals surface area contributed by atoms with Crippen LogP contribution in [0.1, 0.15) is 13.3 Å². The zero-order chi connectivity index (χ0) is 14.5. The van der Waals surface area contributed by atoms with Crippen LogP contribution in [0.5, 0.6) is 0 Å². The standard InChI is InChI=1S/C15H20N4O/c1-3-8-18-14(20)10-19(2)13-7-6-12-11(15(13)16)5-4-9-17-12/h4-7,9H,3,8,10,16H2,1-2H3,(H,18,20). The third kappa shape index (κ3) is 2.99. The van der Waals surface area contributed by atoms with E-state index in [0.29, 0.717) is 12.2 Å². The molecule has 0 aliphatic carbocycles. The first-order valence-corrected chi connectivity index (χ1v) is 6.74. The highest BCUT2D eigenvalue weighted by molar-refractivity contribution is 5.97. The number of carbonyl (C=O) groups is 1. The summed E-state index contributed by atoms with van der Waals surface area (Å²) in [6.45, 7) is 3.01. The lowest BCUT2D eigenvalue weighted by molar-refractivity contribution is -0.119. The highest BCUT2D eigenvalue weighted by atomic mass is 16.2. The van der Waals surface area contributed by atoms with Crippen molar-refractivity contribution in [2.75, 3.05) is 30.8 Å². The summed E-state index contributed by atoms with van der Waals surface area (Å²) in [6.07, 6.45) is 2.67. The fourth-order valence-corrected chi connectivity index (χ4v) is 2.12. The molecule has 2 rings (SSSR count). The molecule has 1 heterocycles. The van der Waals surface area contributed by atoms with Crippen LogP contribution in [0.2, 0.25) is 0 Å². The Morgan fingerprint density at radius 1 is 1.40 bits per heavy atom. The van der Waals surface area contributed by atoms with Gasteiger partial charge in [0, 0.05) is 25.2 Å². The molecule has 20 heavy (non-hydrogen) atoms. The van der Waals surface area contributed by atoms with E-state index < -0.39 is 0 Å². The van der Waals surface area contributed by atoms with E-state index in [1.807, 2.05) is 43.1 Å². The summed E-state index contributed by atoms with van der Waals surface area (Å²) >= 11 is 0. The van der Waals surface area contributed by atoms with Gasteiger partial charge in [0.25, 0.3) is 0 Å². The predicted octanol–water partition coefficient (Wildman–Crippen LogP) is 1.78. The van der Waals surface area contributed by atoms with Crippen molar-refractivity contribution in [1.29, 1.82) is 0 Å². The van der Waals surface area contributed by atoms with E-state index in [4.69, 9.17) is 5.73 Å². The summed E-state index contributed by atoms with van der Waals surface area (Å²) in [6, 6.07) is 7.61.